The lowest BCUT2D eigenvalue weighted by Gasteiger charge is -2.26. The van der Waals surface area contributed by atoms with Crippen LogP contribution in [0.3, 0.4) is 0 Å². The smallest absolute Gasteiger partial charge is 0.263 e. The number of fused-ring (bicyclic) bond motifs is 3. The number of para-hydroxylation sites is 3. The predicted molar refractivity (Wildman–Crippen MR) is 200 cm³/mol. The Bertz CT molecular complexity index is 2610. The molecule has 51 heavy (non-hydrogen) atoms. The van der Waals surface area contributed by atoms with Gasteiger partial charge in [0.1, 0.15) is 22.4 Å². The highest BCUT2D eigenvalue weighted by molar-refractivity contribution is 5.86. The molecule has 0 atom stereocenters. The first-order valence-electron chi connectivity index (χ1n) is 16.6. The zero-order valence-corrected chi connectivity index (χ0v) is 27.1. The molecule has 7 nitrogen and oxygen atoms in total. The van der Waals surface area contributed by atoms with E-state index >= 15 is 0 Å². The van der Waals surface area contributed by atoms with Crippen LogP contribution in [-0.4, -0.2) is 9.97 Å². The van der Waals surface area contributed by atoms with Gasteiger partial charge in [-0.1, -0.05) is 48.5 Å². The molecule has 4 aromatic heterocycles. The number of aromatic nitrogens is 2. The molecule has 0 unspecified atom stereocenters. The number of rotatable bonds is 7. The lowest BCUT2D eigenvalue weighted by atomic mass is 10.0. The van der Waals surface area contributed by atoms with Crippen LogP contribution in [0.15, 0.2) is 182 Å². The summed E-state index contributed by atoms with van der Waals surface area (Å²) in [5.41, 5.74) is 11.0. The number of hydrogen-bond donors (Lipinski definition) is 0. The SMILES string of the molecule is c1coc(-c2nc3ccc(-c4ccc(N(c5ccc(-c6cc7ccccc7o6)cc5)c5ccc(-c6nc7ccccc7o6)cc5)cc4)cc3o2)c1. The molecule has 10 aromatic rings. The molecular weight excluding hydrogens is 635 g/mol. The zero-order chi connectivity index (χ0) is 33.7. The van der Waals surface area contributed by atoms with Crippen molar-refractivity contribution in [2.75, 3.05) is 4.90 Å². The van der Waals surface area contributed by atoms with Crippen LogP contribution in [0.5, 0.6) is 0 Å². The van der Waals surface area contributed by atoms with Crippen molar-refractivity contribution in [3.05, 3.63) is 164 Å². The summed E-state index contributed by atoms with van der Waals surface area (Å²) in [6.07, 6.45) is 1.61. The second kappa shape index (κ2) is 11.8. The molecule has 242 valence electrons. The summed E-state index contributed by atoms with van der Waals surface area (Å²) < 4.78 is 23.7. The van der Waals surface area contributed by atoms with Gasteiger partial charge in [0.2, 0.25) is 5.89 Å². The van der Waals surface area contributed by atoms with Gasteiger partial charge in [0.15, 0.2) is 16.9 Å². The molecule has 0 bridgehead atoms. The number of nitrogens with zero attached hydrogens (tertiary/aromatic N) is 3. The number of benzene rings is 6. The molecule has 10 rings (SSSR count). The van der Waals surface area contributed by atoms with Gasteiger partial charge in [-0.25, -0.2) is 9.97 Å². The van der Waals surface area contributed by atoms with Gasteiger partial charge in [0.25, 0.3) is 5.89 Å². The van der Waals surface area contributed by atoms with E-state index in [2.05, 4.69) is 88.7 Å². The predicted octanol–water partition coefficient (Wildman–Crippen LogP) is 12.4. The summed E-state index contributed by atoms with van der Waals surface area (Å²) in [6, 6.07) is 52.9. The van der Waals surface area contributed by atoms with Crippen LogP contribution in [0.25, 0.3) is 78.7 Å². The maximum absolute atomic E-state index is 6.16. The van der Waals surface area contributed by atoms with E-state index in [4.69, 9.17) is 22.7 Å². The molecule has 0 fully saturated rings. The van der Waals surface area contributed by atoms with Crippen LogP contribution in [-0.2, 0) is 0 Å². The number of furan rings is 2. The topological polar surface area (TPSA) is 81.6 Å². The Labute approximate surface area is 291 Å². The monoisotopic (exact) mass is 661 g/mol. The minimum absolute atomic E-state index is 0.464. The van der Waals surface area contributed by atoms with E-state index in [9.17, 15) is 0 Å². The Kier molecular flexibility index (Phi) is 6.67. The van der Waals surface area contributed by atoms with E-state index in [-0.39, 0.29) is 0 Å². The fraction of sp³-hybridized carbons (Fsp3) is 0. The van der Waals surface area contributed by atoms with Crippen molar-refractivity contribution in [2.45, 2.75) is 0 Å². The van der Waals surface area contributed by atoms with Crippen molar-refractivity contribution in [1.29, 1.82) is 0 Å². The molecule has 0 aliphatic carbocycles. The van der Waals surface area contributed by atoms with Gasteiger partial charge in [-0.05, 0) is 120 Å². The van der Waals surface area contributed by atoms with E-state index in [1.54, 1.807) is 6.26 Å². The molecule has 0 amide bonds. The molecule has 0 radical (unpaired) electrons. The number of oxazole rings is 2. The first-order valence-corrected chi connectivity index (χ1v) is 16.6. The van der Waals surface area contributed by atoms with Crippen molar-refractivity contribution < 1.29 is 17.7 Å². The lowest BCUT2D eigenvalue weighted by molar-refractivity contribution is 0.535. The Morgan fingerprint density at radius 2 is 1.00 bits per heavy atom. The maximum atomic E-state index is 6.16. The van der Waals surface area contributed by atoms with Gasteiger partial charge in [-0.15, -0.1) is 0 Å². The summed E-state index contributed by atoms with van der Waals surface area (Å²) in [5, 5.41) is 1.08. The van der Waals surface area contributed by atoms with Crippen molar-refractivity contribution in [3.8, 4) is 45.6 Å². The molecule has 0 aliphatic heterocycles. The van der Waals surface area contributed by atoms with Crippen LogP contribution in [0, 0.1) is 0 Å². The molecule has 0 spiro atoms. The third-order valence-electron chi connectivity index (χ3n) is 9.08. The lowest BCUT2D eigenvalue weighted by Crippen LogP contribution is -2.09. The second-order valence-electron chi connectivity index (χ2n) is 12.3. The molecule has 0 saturated heterocycles. The molecule has 0 N–H and O–H groups in total. The summed E-state index contributed by atoms with van der Waals surface area (Å²) in [5.74, 6) is 2.49. The average molecular weight is 662 g/mol. The fourth-order valence-electron chi connectivity index (χ4n) is 6.51. The third-order valence-corrected chi connectivity index (χ3v) is 9.08. The van der Waals surface area contributed by atoms with Crippen LogP contribution >= 0.6 is 0 Å². The van der Waals surface area contributed by atoms with Crippen LogP contribution in [0.4, 0.5) is 17.1 Å². The summed E-state index contributed by atoms with van der Waals surface area (Å²) >= 11 is 0. The number of hydrogen-bond acceptors (Lipinski definition) is 7. The minimum atomic E-state index is 0.464. The maximum Gasteiger partial charge on any atom is 0.263 e. The second-order valence-corrected chi connectivity index (χ2v) is 12.3. The standard InChI is InChI=1S/C44H27N3O4/c1-3-8-38-32(6-1)27-41(49-38)29-13-20-34(21-14-29)47(35-22-15-30(16-23-35)43-45-36-7-2-4-9-39(36)50-43)33-18-11-28(12-19-33)31-17-24-37-42(26-31)51-44(46-37)40-10-5-25-48-40/h1-27H. The first-order chi connectivity index (χ1) is 25.2. The van der Waals surface area contributed by atoms with Gasteiger partial charge in [-0.3, -0.25) is 0 Å². The largest absolute Gasteiger partial charge is 0.459 e. The van der Waals surface area contributed by atoms with Gasteiger partial charge < -0.3 is 22.6 Å². The van der Waals surface area contributed by atoms with Crippen LogP contribution < -0.4 is 4.90 Å². The highest BCUT2D eigenvalue weighted by Gasteiger charge is 2.17. The molecule has 7 heteroatoms. The zero-order valence-electron chi connectivity index (χ0n) is 27.1. The van der Waals surface area contributed by atoms with Gasteiger partial charge in [0, 0.05) is 33.6 Å². The minimum Gasteiger partial charge on any atom is -0.459 e. The first kappa shape index (κ1) is 28.9. The van der Waals surface area contributed by atoms with E-state index in [0.29, 0.717) is 23.1 Å². The highest BCUT2D eigenvalue weighted by Crippen LogP contribution is 2.39. The molecule has 0 aliphatic rings. The Morgan fingerprint density at radius 3 is 1.71 bits per heavy atom. The summed E-state index contributed by atoms with van der Waals surface area (Å²) in [4.78, 5) is 11.5. The fourth-order valence-corrected chi connectivity index (χ4v) is 6.51. The average Bonchev–Trinajstić information content (AvgIpc) is 4.01. The van der Waals surface area contributed by atoms with Gasteiger partial charge in [0.05, 0.1) is 6.26 Å². The van der Waals surface area contributed by atoms with Crippen molar-refractivity contribution in [3.63, 3.8) is 0 Å². The molecule has 6 aromatic carbocycles. The third kappa shape index (κ3) is 5.25. The Morgan fingerprint density at radius 1 is 0.392 bits per heavy atom. The van der Waals surface area contributed by atoms with E-state index < -0.39 is 0 Å². The van der Waals surface area contributed by atoms with Crippen LogP contribution in [0.2, 0.25) is 0 Å². The molecule has 0 saturated carbocycles. The Balaban J connectivity index is 1.00. The van der Waals surface area contributed by atoms with Crippen LogP contribution in [0.1, 0.15) is 0 Å². The van der Waals surface area contributed by atoms with Gasteiger partial charge >= 0.3 is 0 Å². The molecule has 4 heterocycles. The Hall–Kier alpha value is -7.12. The highest BCUT2D eigenvalue weighted by atomic mass is 16.4. The molecular formula is C44H27N3O4. The van der Waals surface area contributed by atoms with Crippen molar-refractivity contribution in [1.82, 2.24) is 9.97 Å². The van der Waals surface area contributed by atoms with Crippen molar-refractivity contribution >= 4 is 50.2 Å². The quantitative estimate of drug-likeness (QED) is 0.168. The number of anilines is 3. The van der Waals surface area contributed by atoms with E-state index in [1.165, 1.54) is 0 Å². The van der Waals surface area contributed by atoms with Crippen molar-refractivity contribution in [2.24, 2.45) is 0 Å². The normalized spacial score (nSPS) is 11.5. The van der Waals surface area contributed by atoms with E-state index in [1.807, 2.05) is 78.9 Å². The van der Waals surface area contributed by atoms with E-state index in [0.717, 1.165) is 72.7 Å². The van der Waals surface area contributed by atoms with Gasteiger partial charge in [-0.2, -0.15) is 0 Å². The summed E-state index contributed by atoms with van der Waals surface area (Å²) in [7, 11) is 0. The summed E-state index contributed by atoms with van der Waals surface area (Å²) in [6.45, 7) is 0.